The molecule has 0 atom stereocenters. The smallest absolute Gasteiger partial charge is 0.180 e. The molecule has 0 amide bonds. The lowest BCUT2D eigenvalue weighted by atomic mass is 10.00. The lowest BCUT2D eigenvalue weighted by Crippen LogP contribution is -2.68. The summed E-state index contributed by atoms with van der Waals surface area (Å²) >= 11 is 0. The number of benzene rings is 2. The molecule has 3 rings (SSSR count). The number of methoxy groups -OCH3 is 2. The van der Waals surface area contributed by atoms with E-state index in [9.17, 15) is 0 Å². The van der Waals surface area contributed by atoms with Crippen molar-refractivity contribution in [3.05, 3.63) is 54.9 Å². The van der Waals surface area contributed by atoms with Crippen LogP contribution in [-0.4, -0.2) is 14.2 Å². The summed E-state index contributed by atoms with van der Waals surface area (Å²) in [4.78, 5) is 0. The molecular weight excluding hydrogens is 362 g/mol. The first kappa shape index (κ1) is 19.9. The molecule has 0 fully saturated rings. The van der Waals surface area contributed by atoms with Gasteiger partial charge in [-0.25, -0.2) is 23.2 Å². The second kappa shape index (κ2) is 8.31. The summed E-state index contributed by atoms with van der Waals surface area (Å²) in [7, 11) is 0.405. The predicted octanol–water partition coefficient (Wildman–Crippen LogP) is -1.41. The van der Waals surface area contributed by atoms with E-state index >= 15 is 0 Å². The number of fused-ring (bicyclic) bond motifs is 1. The molecule has 0 saturated heterocycles. The molecule has 0 radical (unpaired) electrons. The Balaban J connectivity index is 0.000000431. The fourth-order valence-corrected chi connectivity index (χ4v) is 2.68. The van der Waals surface area contributed by atoms with E-state index in [0.29, 0.717) is 0 Å². The molecule has 0 N–H and O–H groups in total. The summed E-state index contributed by atoms with van der Waals surface area (Å²) in [6, 6.07) is 14.4. The normalized spacial score (nSPS) is 10.9. The van der Waals surface area contributed by atoms with Gasteiger partial charge in [-0.3, -0.25) is 0 Å². The molecular formula is C18H18ClNO6. The number of hydrogen-bond acceptors (Lipinski definition) is 6. The van der Waals surface area contributed by atoms with Crippen molar-refractivity contribution < 1.29 is 42.9 Å². The van der Waals surface area contributed by atoms with Gasteiger partial charge in [-0.2, -0.15) is 0 Å². The van der Waals surface area contributed by atoms with Gasteiger partial charge in [0.2, 0.25) is 0 Å². The van der Waals surface area contributed by atoms with Crippen molar-refractivity contribution in [2.75, 3.05) is 14.2 Å². The first-order chi connectivity index (χ1) is 12.2. The number of ether oxygens (including phenoxy) is 2. The first-order valence-electron chi connectivity index (χ1n) is 7.45. The van der Waals surface area contributed by atoms with Gasteiger partial charge in [0.05, 0.1) is 25.2 Å². The van der Waals surface area contributed by atoms with Crippen molar-refractivity contribution in [2.45, 2.75) is 0 Å². The Morgan fingerprint density at radius 3 is 1.96 bits per heavy atom. The Morgan fingerprint density at radius 1 is 0.808 bits per heavy atom. The highest BCUT2D eigenvalue weighted by atomic mass is 35.7. The number of aromatic nitrogens is 1. The van der Waals surface area contributed by atoms with E-state index in [-0.39, 0.29) is 0 Å². The van der Waals surface area contributed by atoms with Crippen molar-refractivity contribution >= 4 is 10.8 Å². The summed E-state index contributed by atoms with van der Waals surface area (Å²) in [5.41, 5.74) is 2.36. The summed E-state index contributed by atoms with van der Waals surface area (Å²) in [6.45, 7) is 0. The van der Waals surface area contributed by atoms with Crippen molar-refractivity contribution in [1.82, 2.24) is 0 Å². The van der Waals surface area contributed by atoms with Gasteiger partial charge in [0, 0.05) is 5.39 Å². The zero-order valence-corrected chi connectivity index (χ0v) is 15.2. The van der Waals surface area contributed by atoms with Gasteiger partial charge < -0.3 is 9.47 Å². The van der Waals surface area contributed by atoms with Crippen LogP contribution in [0.4, 0.5) is 0 Å². The highest BCUT2D eigenvalue weighted by Gasteiger charge is 2.16. The van der Waals surface area contributed by atoms with Crippen LogP contribution in [-0.2, 0) is 7.05 Å². The van der Waals surface area contributed by atoms with E-state index < -0.39 is 10.2 Å². The molecule has 7 nitrogen and oxygen atoms in total. The van der Waals surface area contributed by atoms with Crippen molar-refractivity contribution in [1.29, 1.82) is 0 Å². The van der Waals surface area contributed by atoms with Crippen molar-refractivity contribution in [3.8, 4) is 22.6 Å². The Hall–Kier alpha value is -2.42. The number of rotatable bonds is 3. The number of halogens is 1. The quantitative estimate of drug-likeness (QED) is 0.516. The third kappa shape index (κ3) is 5.04. The van der Waals surface area contributed by atoms with Crippen LogP contribution in [0.3, 0.4) is 0 Å². The molecule has 1 heterocycles. The summed E-state index contributed by atoms with van der Waals surface area (Å²) in [6.07, 6.45) is 4.19. The standard InChI is InChI=1S/C18H18NO2.ClHO4/c1-19-11-15(13-7-5-4-6-8-13)14-9-10-17(20-2)18(21-3)16(14)12-19;2-1(3,4)5/h4-12H,1-3H3;(H,2,3,4,5)/q+1;/p-1. The van der Waals surface area contributed by atoms with Gasteiger partial charge in [0.25, 0.3) is 0 Å². The molecule has 0 aliphatic carbocycles. The minimum atomic E-state index is -4.94. The molecule has 26 heavy (non-hydrogen) atoms. The molecule has 0 spiro atoms. The van der Waals surface area contributed by atoms with Crippen LogP contribution in [0.15, 0.2) is 54.9 Å². The van der Waals surface area contributed by atoms with E-state index in [1.807, 2.05) is 23.7 Å². The maximum atomic E-state index is 8.49. The fourth-order valence-electron chi connectivity index (χ4n) is 2.68. The number of nitrogens with zero attached hydrogens (tertiary/aromatic N) is 1. The minimum Gasteiger partial charge on any atom is -0.493 e. The van der Waals surface area contributed by atoms with Crippen LogP contribution < -0.4 is 32.7 Å². The molecule has 0 aliphatic heterocycles. The van der Waals surface area contributed by atoms with Gasteiger partial charge in [0.1, 0.15) is 7.05 Å². The Labute approximate surface area is 153 Å². The van der Waals surface area contributed by atoms with E-state index in [1.165, 1.54) is 11.1 Å². The second-order valence-electron chi connectivity index (χ2n) is 5.34. The fraction of sp³-hybridized carbons (Fsp3) is 0.167. The highest BCUT2D eigenvalue weighted by molar-refractivity contribution is 5.99. The topological polar surface area (TPSA) is 115 Å². The molecule has 2 aromatic carbocycles. The monoisotopic (exact) mass is 379 g/mol. The molecule has 0 saturated carbocycles. The van der Waals surface area contributed by atoms with Gasteiger partial charge in [-0.15, -0.1) is 10.2 Å². The van der Waals surface area contributed by atoms with Crippen LogP contribution in [0.2, 0.25) is 0 Å². The third-order valence-electron chi connectivity index (χ3n) is 3.62. The van der Waals surface area contributed by atoms with E-state index in [0.717, 1.165) is 22.3 Å². The van der Waals surface area contributed by atoms with E-state index in [1.54, 1.807) is 14.2 Å². The molecule has 0 unspecified atom stereocenters. The Kier molecular flexibility index (Phi) is 6.36. The SMILES string of the molecule is COc1ccc2c(-c3ccccc3)c[n+](C)cc2c1OC.[O-][Cl+3]([O-])([O-])[O-]. The van der Waals surface area contributed by atoms with Crippen LogP contribution in [0, 0.1) is 10.2 Å². The Bertz CT molecular complexity index is 874. The lowest BCUT2D eigenvalue weighted by molar-refractivity contribution is -2.00. The zero-order valence-electron chi connectivity index (χ0n) is 14.5. The van der Waals surface area contributed by atoms with Gasteiger partial charge in [-0.05, 0) is 17.7 Å². The summed E-state index contributed by atoms with van der Waals surface area (Å²) in [5, 5.41) is 2.19. The maximum absolute atomic E-state index is 8.49. The summed E-state index contributed by atoms with van der Waals surface area (Å²) in [5.74, 6) is 1.51. The molecule has 0 bridgehead atoms. The van der Waals surface area contributed by atoms with E-state index in [4.69, 9.17) is 28.1 Å². The average Bonchev–Trinajstić information content (AvgIpc) is 2.59. The largest absolute Gasteiger partial charge is 0.493 e. The second-order valence-corrected chi connectivity index (χ2v) is 6.10. The number of pyridine rings is 1. The molecule has 1 aromatic heterocycles. The highest BCUT2D eigenvalue weighted by Crippen LogP contribution is 2.38. The Morgan fingerprint density at radius 2 is 1.42 bits per heavy atom. The minimum absolute atomic E-state index is 0.746. The van der Waals surface area contributed by atoms with E-state index in [2.05, 4.69) is 42.7 Å². The molecule has 0 aliphatic rings. The third-order valence-corrected chi connectivity index (χ3v) is 3.62. The van der Waals surface area contributed by atoms with Crippen molar-refractivity contribution in [2.24, 2.45) is 7.05 Å². The van der Waals surface area contributed by atoms with Crippen LogP contribution in [0.25, 0.3) is 21.9 Å². The molecule has 138 valence electrons. The van der Waals surface area contributed by atoms with Gasteiger partial charge in [0.15, 0.2) is 23.9 Å². The maximum Gasteiger partial charge on any atom is 0.180 e. The summed E-state index contributed by atoms with van der Waals surface area (Å²) < 4.78 is 47.0. The van der Waals surface area contributed by atoms with Crippen LogP contribution in [0.1, 0.15) is 0 Å². The first-order valence-corrected chi connectivity index (χ1v) is 8.69. The predicted molar refractivity (Wildman–Crippen MR) is 83.7 cm³/mol. The molecule has 3 aromatic rings. The van der Waals surface area contributed by atoms with Gasteiger partial charge >= 0.3 is 0 Å². The number of hydrogen-bond donors (Lipinski definition) is 0. The lowest BCUT2D eigenvalue weighted by Gasteiger charge is -2.17. The zero-order chi connectivity index (χ0) is 19.3. The van der Waals surface area contributed by atoms with Crippen LogP contribution >= 0.6 is 0 Å². The molecule has 8 heteroatoms. The average molecular weight is 380 g/mol. The van der Waals surface area contributed by atoms with Crippen LogP contribution in [0.5, 0.6) is 11.5 Å². The van der Waals surface area contributed by atoms with Gasteiger partial charge in [-0.1, -0.05) is 30.3 Å². The van der Waals surface area contributed by atoms with Crippen molar-refractivity contribution in [3.63, 3.8) is 0 Å². The number of aryl methyl sites for hydroxylation is 1.